The van der Waals surface area contributed by atoms with Gasteiger partial charge in [-0.1, -0.05) is 11.6 Å². The number of anilines is 4. The molecule has 60 heavy (non-hydrogen) atoms. The standard InChI is InChI=1S/C29H30F2N6O2.C16H11ClF2N2/c1-18-3-4-20(16-32-18)27-19(2)28(26-23(31)13-21(30)14-24(26)34-27)35-25-15-22(36-5-9-38-10-6-36)17-33-29(25)37-7-11-39-12-8-37;1-8-3-4-10(7-20-8)16-9(2)15(17)14-12(19)5-11(18)6-13(14)21-16/h3-4,13-17H,5-12H2,1-2H3,(H,34,35);3-7H,1-2H3. The first-order valence-corrected chi connectivity index (χ1v) is 19.9. The van der Waals surface area contributed by atoms with E-state index in [1.54, 1.807) is 19.3 Å². The molecule has 0 radical (unpaired) electrons. The number of morpholine rings is 2. The average Bonchev–Trinajstić information content (AvgIpc) is 3.24. The maximum absolute atomic E-state index is 15.4. The summed E-state index contributed by atoms with van der Waals surface area (Å²) in [5, 5.41) is 4.12. The van der Waals surface area contributed by atoms with Crippen LogP contribution < -0.4 is 15.1 Å². The van der Waals surface area contributed by atoms with Gasteiger partial charge in [0.25, 0.3) is 0 Å². The van der Waals surface area contributed by atoms with Gasteiger partial charge in [0, 0.05) is 85.4 Å². The van der Waals surface area contributed by atoms with E-state index in [9.17, 15) is 13.2 Å². The summed E-state index contributed by atoms with van der Waals surface area (Å²) in [5.74, 6) is -2.00. The predicted octanol–water partition coefficient (Wildman–Crippen LogP) is 9.85. The van der Waals surface area contributed by atoms with E-state index >= 15 is 4.39 Å². The number of hydrogen-bond acceptors (Lipinski definition) is 10. The Morgan fingerprint density at radius 1 is 0.600 bits per heavy atom. The van der Waals surface area contributed by atoms with E-state index in [-0.39, 0.29) is 26.8 Å². The van der Waals surface area contributed by atoms with Crippen LogP contribution >= 0.6 is 11.6 Å². The number of aryl methyl sites for hydroxylation is 2. The van der Waals surface area contributed by atoms with Crippen LogP contribution in [0.5, 0.6) is 0 Å². The summed E-state index contributed by atoms with van der Waals surface area (Å²) in [5.41, 5.74) is 8.42. The van der Waals surface area contributed by atoms with Gasteiger partial charge in [-0.3, -0.25) is 9.97 Å². The Morgan fingerprint density at radius 2 is 1.12 bits per heavy atom. The van der Waals surface area contributed by atoms with Gasteiger partial charge < -0.3 is 24.6 Å². The first-order valence-electron chi connectivity index (χ1n) is 19.5. The van der Waals surface area contributed by atoms with Crippen LogP contribution in [-0.4, -0.2) is 77.5 Å². The fourth-order valence-electron chi connectivity index (χ4n) is 7.40. The second-order valence-corrected chi connectivity index (χ2v) is 15.1. The summed E-state index contributed by atoms with van der Waals surface area (Å²) >= 11 is 6.25. The van der Waals surface area contributed by atoms with E-state index < -0.39 is 23.3 Å². The summed E-state index contributed by atoms with van der Waals surface area (Å²) in [6.45, 7) is 12.8. The third kappa shape index (κ3) is 8.40. The van der Waals surface area contributed by atoms with Crippen molar-refractivity contribution in [3.63, 3.8) is 0 Å². The van der Waals surface area contributed by atoms with E-state index in [0.29, 0.717) is 62.2 Å². The normalized spacial score (nSPS) is 14.3. The zero-order chi connectivity index (χ0) is 42.1. The molecule has 2 aliphatic heterocycles. The van der Waals surface area contributed by atoms with Crippen molar-refractivity contribution in [2.24, 2.45) is 0 Å². The molecule has 10 nitrogen and oxygen atoms in total. The van der Waals surface area contributed by atoms with Crippen LogP contribution in [0.4, 0.5) is 40.4 Å². The van der Waals surface area contributed by atoms with Crippen molar-refractivity contribution < 1.29 is 27.0 Å². The largest absolute Gasteiger partial charge is 0.378 e. The number of benzene rings is 2. The Labute approximate surface area is 349 Å². The van der Waals surface area contributed by atoms with Crippen molar-refractivity contribution in [1.29, 1.82) is 0 Å². The first kappa shape index (κ1) is 40.8. The van der Waals surface area contributed by atoms with E-state index in [1.807, 2.05) is 57.3 Å². The van der Waals surface area contributed by atoms with E-state index in [0.717, 1.165) is 70.5 Å². The number of hydrogen-bond donors (Lipinski definition) is 1. The molecule has 7 heterocycles. The molecule has 0 unspecified atom stereocenters. The minimum absolute atomic E-state index is 0.138. The third-order valence-corrected chi connectivity index (χ3v) is 11.1. The fourth-order valence-corrected chi connectivity index (χ4v) is 7.67. The quantitative estimate of drug-likeness (QED) is 0.163. The van der Waals surface area contributed by atoms with Gasteiger partial charge in [0.05, 0.1) is 87.9 Å². The number of aromatic nitrogens is 5. The molecule has 1 N–H and O–H groups in total. The molecule has 15 heteroatoms. The van der Waals surface area contributed by atoms with Crippen LogP contribution in [0.25, 0.3) is 44.3 Å². The van der Waals surface area contributed by atoms with Crippen molar-refractivity contribution in [3.8, 4) is 22.5 Å². The van der Waals surface area contributed by atoms with E-state index in [4.69, 9.17) is 26.1 Å². The Morgan fingerprint density at radius 3 is 1.67 bits per heavy atom. The van der Waals surface area contributed by atoms with Crippen molar-refractivity contribution in [3.05, 3.63) is 124 Å². The fraction of sp³-hybridized carbons (Fsp3) is 0.267. The smallest absolute Gasteiger partial charge is 0.152 e. The van der Waals surface area contributed by atoms with Crippen molar-refractivity contribution in [2.75, 3.05) is 67.7 Å². The summed E-state index contributed by atoms with van der Waals surface area (Å²) in [6, 6.07) is 13.7. The SMILES string of the molecule is Cc1ccc(-c2nc3cc(F)cc(F)c3c(Cl)c2C)cn1.Cc1ccc(-c2nc3cc(F)cc(F)c3c(Nc3cc(N4CCOCC4)cnc3N3CCOCC3)c2C)cn1. The Kier molecular flexibility index (Phi) is 11.8. The van der Waals surface area contributed by atoms with Crippen LogP contribution in [0.15, 0.2) is 73.2 Å². The van der Waals surface area contributed by atoms with E-state index in [1.165, 1.54) is 12.1 Å². The molecule has 2 fully saturated rings. The number of ether oxygens (including phenoxy) is 2. The topological polar surface area (TPSA) is 101 Å². The van der Waals surface area contributed by atoms with Gasteiger partial charge in [0.2, 0.25) is 0 Å². The summed E-state index contributed by atoms with van der Waals surface area (Å²) < 4.78 is 68.1. The van der Waals surface area contributed by atoms with Crippen molar-refractivity contribution in [2.45, 2.75) is 27.7 Å². The highest BCUT2D eigenvalue weighted by molar-refractivity contribution is 6.36. The van der Waals surface area contributed by atoms with Crippen molar-refractivity contribution in [1.82, 2.24) is 24.9 Å². The van der Waals surface area contributed by atoms with Crippen LogP contribution in [0.1, 0.15) is 22.5 Å². The molecule has 5 aromatic heterocycles. The molecule has 2 saturated heterocycles. The predicted molar refractivity (Wildman–Crippen MR) is 227 cm³/mol. The van der Waals surface area contributed by atoms with Crippen LogP contribution in [-0.2, 0) is 9.47 Å². The molecule has 0 saturated carbocycles. The number of rotatable bonds is 6. The number of halogens is 5. The number of nitrogens with zero attached hydrogens (tertiary/aromatic N) is 7. The second-order valence-electron chi connectivity index (χ2n) is 14.7. The molecule has 308 valence electrons. The van der Waals surface area contributed by atoms with Crippen LogP contribution in [0.2, 0.25) is 5.02 Å². The van der Waals surface area contributed by atoms with Crippen LogP contribution in [0.3, 0.4) is 0 Å². The highest BCUT2D eigenvalue weighted by Crippen LogP contribution is 2.40. The number of pyridine rings is 5. The molecule has 9 rings (SSSR count). The molecule has 2 aliphatic rings. The summed E-state index contributed by atoms with van der Waals surface area (Å²) in [7, 11) is 0. The minimum atomic E-state index is -0.709. The monoisotopic (exact) mass is 836 g/mol. The molecule has 0 spiro atoms. The number of fused-ring (bicyclic) bond motifs is 2. The Balaban J connectivity index is 0.000000200. The maximum atomic E-state index is 15.4. The Bertz CT molecular complexity index is 2710. The molecule has 0 amide bonds. The van der Waals surface area contributed by atoms with Gasteiger partial charge in [-0.15, -0.1) is 0 Å². The van der Waals surface area contributed by atoms with Gasteiger partial charge in [0.1, 0.15) is 23.3 Å². The lowest BCUT2D eigenvalue weighted by atomic mass is 10.0. The summed E-state index contributed by atoms with van der Waals surface area (Å²) in [6.07, 6.45) is 5.27. The molecule has 7 aromatic rings. The first-order chi connectivity index (χ1) is 28.9. The van der Waals surface area contributed by atoms with Gasteiger partial charge in [-0.25, -0.2) is 32.5 Å². The second kappa shape index (κ2) is 17.3. The van der Waals surface area contributed by atoms with Gasteiger partial charge >= 0.3 is 0 Å². The molecule has 0 atom stereocenters. The third-order valence-electron chi connectivity index (χ3n) is 10.6. The van der Waals surface area contributed by atoms with Gasteiger partial charge in [-0.05, 0) is 69.2 Å². The lowest BCUT2D eigenvalue weighted by Gasteiger charge is -2.32. The van der Waals surface area contributed by atoms with E-state index in [2.05, 4.69) is 35.1 Å². The zero-order valence-corrected chi connectivity index (χ0v) is 34.2. The molecule has 0 aliphatic carbocycles. The maximum Gasteiger partial charge on any atom is 0.152 e. The van der Waals surface area contributed by atoms with Crippen LogP contribution in [0, 0.1) is 51.0 Å². The zero-order valence-electron chi connectivity index (χ0n) is 33.4. The highest BCUT2D eigenvalue weighted by Gasteiger charge is 2.24. The number of nitrogens with one attached hydrogen (secondary N) is 1. The molecular formula is C45H41ClF4N8O2. The molecular weight excluding hydrogens is 796 g/mol. The van der Waals surface area contributed by atoms with Gasteiger partial charge in [0.15, 0.2) is 5.82 Å². The van der Waals surface area contributed by atoms with Gasteiger partial charge in [-0.2, -0.15) is 0 Å². The molecule has 0 bridgehead atoms. The Hall–Kier alpha value is -5.96. The lowest BCUT2D eigenvalue weighted by molar-refractivity contribution is 0.122. The highest BCUT2D eigenvalue weighted by atomic mass is 35.5. The van der Waals surface area contributed by atoms with Crippen molar-refractivity contribution >= 4 is 56.3 Å². The molecule has 2 aromatic carbocycles. The minimum Gasteiger partial charge on any atom is -0.378 e. The summed E-state index contributed by atoms with van der Waals surface area (Å²) in [4.78, 5) is 26.9. The average molecular weight is 837 g/mol. The lowest BCUT2D eigenvalue weighted by Crippen LogP contribution is -2.38.